The molecule has 0 aliphatic carbocycles. The van der Waals surface area contributed by atoms with Crippen LogP contribution in [0.15, 0.2) is 42.7 Å². The molecule has 1 amide bonds. The van der Waals surface area contributed by atoms with Crippen LogP contribution in [0.1, 0.15) is 12.5 Å². The molecule has 0 spiro atoms. The standard InChI is InChI=1S/C15H18F3NO4/c1-2-22-9-8-14(21,15(16,17)18)11-19-13(20)23-10-12-6-4-3-5-7-12/h3-9,21H,2,10-11H2,1H3,(H,19,20)/b9-8+. The van der Waals surface area contributed by atoms with Crippen molar-refractivity contribution in [3.05, 3.63) is 48.2 Å². The second-order valence-electron chi connectivity index (χ2n) is 4.60. The van der Waals surface area contributed by atoms with Gasteiger partial charge < -0.3 is 19.9 Å². The highest BCUT2D eigenvalue weighted by molar-refractivity contribution is 5.67. The molecule has 128 valence electrons. The Morgan fingerprint density at radius 2 is 1.96 bits per heavy atom. The van der Waals surface area contributed by atoms with Gasteiger partial charge in [0.2, 0.25) is 0 Å². The molecule has 0 saturated heterocycles. The minimum atomic E-state index is -4.98. The number of rotatable bonds is 7. The fraction of sp³-hybridized carbons (Fsp3) is 0.400. The lowest BCUT2D eigenvalue weighted by molar-refractivity contribution is -0.237. The topological polar surface area (TPSA) is 67.8 Å². The third-order valence-corrected chi connectivity index (χ3v) is 2.81. The lowest BCUT2D eigenvalue weighted by Gasteiger charge is -2.27. The Labute approximate surface area is 131 Å². The maximum absolute atomic E-state index is 12.9. The second-order valence-corrected chi connectivity index (χ2v) is 4.60. The van der Waals surface area contributed by atoms with Gasteiger partial charge in [0, 0.05) is 0 Å². The van der Waals surface area contributed by atoms with E-state index in [0.717, 1.165) is 6.26 Å². The van der Waals surface area contributed by atoms with Gasteiger partial charge in [-0.15, -0.1) is 0 Å². The molecule has 8 heteroatoms. The van der Waals surface area contributed by atoms with Crippen molar-refractivity contribution >= 4 is 6.09 Å². The molecule has 0 aliphatic rings. The number of alkyl halides is 3. The Hall–Kier alpha value is -2.22. The fourth-order valence-corrected chi connectivity index (χ4v) is 1.49. The minimum absolute atomic E-state index is 0.0914. The summed E-state index contributed by atoms with van der Waals surface area (Å²) in [5, 5.41) is 11.5. The highest BCUT2D eigenvalue weighted by atomic mass is 19.4. The van der Waals surface area contributed by atoms with Gasteiger partial charge in [0.15, 0.2) is 5.60 Å². The molecule has 0 bridgehead atoms. The summed E-state index contributed by atoms with van der Waals surface area (Å²) in [5.41, 5.74) is -2.56. The van der Waals surface area contributed by atoms with E-state index < -0.39 is 24.4 Å². The molecule has 0 aromatic heterocycles. The van der Waals surface area contributed by atoms with Crippen LogP contribution in [0.5, 0.6) is 0 Å². The smallest absolute Gasteiger partial charge is 0.422 e. The van der Waals surface area contributed by atoms with Gasteiger partial charge >= 0.3 is 12.3 Å². The van der Waals surface area contributed by atoms with E-state index in [1.807, 2.05) is 5.32 Å². The van der Waals surface area contributed by atoms with E-state index in [-0.39, 0.29) is 13.2 Å². The van der Waals surface area contributed by atoms with Gasteiger partial charge in [0.1, 0.15) is 6.61 Å². The van der Waals surface area contributed by atoms with Gasteiger partial charge in [0.05, 0.1) is 19.4 Å². The van der Waals surface area contributed by atoms with Crippen molar-refractivity contribution in [3.8, 4) is 0 Å². The number of nitrogens with one attached hydrogen (secondary N) is 1. The van der Waals surface area contributed by atoms with E-state index in [1.165, 1.54) is 0 Å². The van der Waals surface area contributed by atoms with Crippen LogP contribution in [0, 0.1) is 0 Å². The van der Waals surface area contributed by atoms with E-state index in [9.17, 15) is 23.1 Å². The number of halogens is 3. The average molecular weight is 333 g/mol. The predicted molar refractivity (Wildman–Crippen MR) is 76.4 cm³/mol. The lowest BCUT2D eigenvalue weighted by atomic mass is 10.0. The van der Waals surface area contributed by atoms with Crippen LogP contribution in [-0.2, 0) is 16.1 Å². The molecule has 1 aromatic carbocycles. The number of hydrogen-bond acceptors (Lipinski definition) is 4. The van der Waals surface area contributed by atoms with Crippen LogP contribution >= 0.6 is 0 Å². The molecular weight excluding hydrogens is 315 g/mol. The monoisotopic (exact) mass is 333 g/mol. The molecule has 0 radical (unpaired) electrons. The van der Waals surface area contributed by atoms with Crippen LogP contribution in [0.3, 0.4) is 0 Å². The van der Waals surface area contributed by atoms with Crippen molar-refractivity contribution in [2.45, 2.75) is 25.3 Å². The zero-order chi connectivity index (χ0) is 17.3. The number of alkyl carbamates (subject to hydrolysis) is 1. The normalized spacial score (nSPS) is 14.3. The van der Waals surface area contributed by atoms with Gasteiger partial charge in [-0.25, -0.2) is 4.79 Å². The van der Waals surface area contributed by atoms with Gasteiger partial charge in [-0.05, 0) is 18.6 Å². The SMILES string of the molecule is CCO/C=C/C(O)(CNC(=O)OCc1ccccc1)C(F)(F)F. The first-order valence-electron chi connectivity index (χ1n) is 6.81. The zero-order valence-electron chi connectivity index (χ0n) is 12.5. The van der Waals surface area contributed by atoms with Crippen molar-refractivity contribution in [2.75, 3.05) is 13.2 Å². The zero-order valence-corrected chi connectivity index (χ0v) is 12.5. The number of carbonyl (C=O) groups is 1. The highest BCUT2D eigenvalue weighted by Crippen LogP contribution is 2.31. The van der Waals surface area contributed by atoms with Crippen LogP contribution in [0.2, 0.25) is 0 Å². The van der Waals surface area contributed by atoms with Crippen molar-refractivity contribution < 1.29 is 32.5 Å². The first kappa shape index (κ1) is 18.8. The van der Waals surface area contributed by atoms with Gasteiger partial charge in [0.25, 0.3) is 0 Å². The quantitative estimate of drug-likeness (QED) is 0.753. The Kier molecular flexibility index (Phi) is 6.89. The van der Waals surface area contributed by atoms with Crippen LogP contribution in [0.4, 0.5) is 18.0 Å². The Morgan fingerprint density at radius 1 is 1.30 bits per heavy atom. The summed E-state index contributed by atoms with van der Waals surface area (Å²) < 4.78 is 48.1. The molecule has 0 aliphatic heterocycles. The number of amides is 1. The Balaban J connectivity index is 2.55. The minimum Gasteiger partial charge on any atom is -0.502 e. The number of hydrogen-bond donors (Lipinski definition) is 2. The van der Waals surface area contributed by atoms with E-state index in [2.05, 4.69) is 4.74 Å². The third kappa shape index (κ3) is 6.19. The summed E-state index contributed by atoms with van der Waals surface area (Å²) in [6.07, 6.45) is -4.87. The van der Waals surface area contributed by atoms with Crippen LogP contribution in [0.25, 0.3) is 0 Å². The Morgan fingerprint density at radius 3 is 2.52 bits per heavy atom. The molecule has 23 heavy (non-hydrogen) atoms. The Bertz CT molecular complexity index is 519. The van der Waals surface area contributed by atoms with E-state index in [4.69, 9.17) is 4.74 Å². The number of ether oxygens (including phenoxy) is 2. The lowest BCUT2D eigenvalue weighted by Crippen LogP contribution is -2.52. The van der Waals surface area contributed by atoms with Crippen molar-refractivity contribution in [1.29, 1.82) is 0 Å². The maximum atomic E-state index is 12.9. The summed E-state index contributed by atoms with van der Waals surface area (Å²) in [6, 6.07) is 8.64. The molecular formula is C15H18F3NO4. The molecule has 2 N–H and O–H groups in total. The number of benzene rings is 1. The van der Waals surface area contributed by atoms with Crippen molar-refractivity contribution in [2.24, 2.45) is 0 Å². The molecule has 1 rings (SSSR count). The second kappa shape index (κ2) is 8.42. The van der Waals surface area contributed by atoms with Crippen molar-refractivity contribution in [3.63, 3.8) is 0 Å². The first-order chi connectivity index (χ1) is 10.8. The van der Waals surface area contributed by atoms with Gasteiger partial charge in [-0.3, -0.25) is 0 Å². The van der Waals surface area contributed by atoms with E-state index in [1.54, 1.807) is 37.3 Å². The average Bonchev–Trinajstić information content (AvgIpc) is 2.51. The maximum Gasteiger partial charge on any atom is 0.422 e. The van der Waals surface area contributed by atoms with E-state index >= 15 is 0 Å². The molecule has 0 fully saturated rings. The molecule has 1 unspecified atom stereocenters. The number of aliphatic hydroxyl groups is 1. The molecule has 1 aromatic rings. The van der Waals surface area contributed by atoms with Gasteiger partial charge in [-0.1, -0.05) is 30.3 Å². The summed E-state index contributed by atoms with van der Waals surface area (Å²) in [5.74, 6) is 0. The summed E-state index contributed by atoms with van der Waals surface area (Å²) in [4.78, 5) is 11.5. The van der Waals surface area contributed by atoms with Crippen LogP contribution < -0.4 is 5.32 Å². The fourth-order valence-electron chi connectivity index (χ4n) is 1.49. The molecule has 0 heterocycles. The predicted octanol–water partition coefficient (Wildman–Crippen LogP) is 2.76. The number of carbonyl (C=O) groups excluding carboxylic acids is 1. The molecule has 1 atom stereocenters. The van der Waals surface area contributed by atoms with Crippen LogP contribution in [-0.4, -0.2) is 36.1 Å². The molecule has 0 saturated carbocycles. The molecule has 5 nitrogen and oxygen atoms in total. The van der Waals surface area contributed by atoms with Gasteiger partial charge in [-0.2, -0.15) is 13.2 Å². The largest absolute Gasteiger partial charge is 0.502 e. The summed E-state index contributed by atoms with van der Waals surface area (Å²) in [7, 11) is 0. The van der Waals surface area contributed by atoms with E-state index in [0.29, 0.717) is 11.6 Å². The summed E-state index contributed by atoms with van der Waals surface area (Å²) in [6.45, 7) is 0.548. The van der Waals surface area contributed by atoms with Crippen molar-refractivity contribution in [1.82, 2.24) is 5.32 Å². The highest BCUT2D eigenvalue weighted by Gasteiger charge is 2.52. The summed E-state index contributed by atoms with van der Waals surface area (Å²) >= 11 is 0. The third-order valence-electron chi connectivity index (χ3n) is 2.81. The first-order valence-corrected chi connectivity index (χ1v) is 6.81.